The smallest absolute Gasteiger partial charge is 0.00179 e. The highest BCUT2D eigenvalue weighted by Gasteiger charge is 2.46. The van der Waals surface area contributed by atoms with Gasteiger partial charge in [0.25, 0.3) is 0 Å². The van der Waals surface area contributed by atoms with Crippen LogP contribution in [0.4, 0.5) is 0 Å². The van der Waals surface area contributed by atoms with Crippen molar-refractivity contribution >= 4 is 0 Å². The van der Waals surface area contributed by atoms with Crippen LogP contribution >= 0.6 is 0 Å². The molecule has 0 aromatic rings. The summed E-state index contributed by atoms with van der Waals surface area (Å²) in [6.45, 7) is 5.51. The van der Waals surface area contributed by atoms with Gasteiger partial charge in [-0.1, -0.05) is 33.1 Å². The third-order valence-corrected chi connectivity index (χ3v) is 3.56. The molecule has 2 N–H and O–H groups in total. The van der Waals surface area contributed by atoms with Crippen molar-refractivity contribution in [2.75, 3.05) is 6.54 Å². The molecule has 12 heavy (non-hydrogen) atoms. The molecule has 0 amide bonds. The van der Waals surface area contributed by atoms with Crippen molar-refractivity contribution in [3.63, 3.8) is 0 Å². The lowest BCUT2D eigenvalue weighted by atomic mass is 9.83. The lowest BCUT2D eigenvalue weighted by Crippen LogP contribution is -2.24. The Balaban J connectivity index is 2.34. The first-order valence-electron chi connectivity index (χ1n) is 5.49. The predicted molar refractivity (Wildman–Crippen MR) is 54.0 cm³/mol. The molecule has 0 spiro atoms. The molecule has 1 fully saturated rings. The molecule has 0 bridgehead atoms. The molecule has 1 saturated carbocycles. The average Bonchev–Trinajstić information content (AvgIpc) is 2.87. The first kappa shape index (κ1) is 10.0. The largest absolute Gasteiger partial charge is 0.330 e. The van der Waals surface area contributed by atoms with E-state index in [1.807, 2.05) is 0 Å². The van der Waals surface area contributed by atoms with E-state index < -0.39 is 0 Å². The van der Waals surface area contributed by atoms with Crippen molar-refractivity contribution in [1.29, 1.82) is 0 Å². The van der Waals surface area contributed by atoms with Crippen molar-refractivity contribution < 1.29 is 0 Å². The molecular weight excluding hydrogens is 146 g/mol. The third-order valence-electron chi connectivity index (χ3n) is 3.56. The van der Waals surface area contributed by atoms with Crippen LogP contribution < -0.4 is 5.73 Å². The van der Waals surface area contributed by atoms with Gasteiger partial charge in [0.1, 0.15) is 0 Å². The van der Waals surface area contributed by atoms with Gasteiger partial charge in [0.05, 0.1) is 0 Å². The molecule has 1 atom stereocenters. The SMILES string of the molecule is CCCCC(CC)C1(CN)CC1. The van der Waals surface area contributed by atoms with E-state index in [1.54, 1.807) is 0 Å². The summed E-state index contributed by atoms with van der Waals surface area (Å²) in [6, 6.07) is 0. The summed E-state index contributed by atoms with van der Waals surface area (Å²) < 4.78 is 0. The Hall–Kier alpha value is -0.0400. The highest BCUT2D eigenvalue weighted by molar-refractivity contribution is 4.98. The summed E-state index contributed by atoms with van der Waals surface area (Å²) in [6.07, 6.45) is 8.25. The molecular formula is C11H23N. The molecule has 0 saturated heterocycles. The Morgan fingerprint density at radius 3 is 2.33 bits per heavy atom. The molecule has 1 rings (SSSR count). The highest BCUT2D eigenvalue weighted by atomic mass is 14.7. The average molecular weight is 169 g/mol. The van der Waals surface area contributed by atoms with Crippen LogP contribution in [0.5, 0.6) is 0 Å². The maximum Gasteiger partial charge on any atom is -0.00179 e. The van der Waals surface area contributed by atoms with Gasteiger partial charge in [-0.25, -0.2) is 0 Å². The van der Waals surface area contributed by atoms with Crippen LogP contribution in [0.2, 0.25) is 0 Å². The van der Waals surface area contributed by atoms with Crippen LogP contribution in [0, 0.1) is 11.3 Å². The molecule has 0 aromatic heterocycles. The highest BCUT2D eigenvalue weighted by Crippen LogP contribution is 2.53. The fourth-order valence-electron chi connectivity index (χ4n) is 2.33. The Bertz CT molecular complexity index is 127. The van der Waals surface area contributed by atoms with E-state index in [1.165, 1.54) is 38.5 Å². The second-order valence-electron chi connectivity index (χ2n) is 4.31. The molecule has 0 aromatic carbocycles. The third kappa shape index (κ3) is 2.01. The van der Waals surface area contributed by atoms with Gasteiger partial charge in [0.2, 0.25) is 0 Å². The van der Waals surface area contributed by atoms with E-state index in [0.29, 0.717) is 5.41 Å². The van der Waals surface area contributed by atoms with Crippen LogP contribution in [0.25, 0.3) is 0 Å². The Labute approximate surface area is 76.7 Å². The van der Waals surface area contributed by atoms with E-state index in [2.05, 4.69) is 13.8 Å². The fraction of sp³-hybridized carbons (Fsp3) is 1.00. The number of hydrogen-bond acceptors (Lipinski definition) is 1. The molecule has 0 aliphatic heterocycles. The maximum absolute atomic E-state index is 5.82. The minimum absolute atomic E-state index is 0.587. The Morgan fingerprint density at radius 2 is 2.00 bits per heavy atom. The van der Waals surface area contributed by atoms with Crippen LogP contribution in [-0.4, -0.2) is 6.54 Å². The first-order valence-corrected chi connectivity index (χ1v) is 5.49. The van der Waals surface area contributed by atoms with Gasteiger partial charge in [-0.2, -0.15) is 0 Å². The minimum atomic E-state index is 0.587. The Kier molecular flexibility index (Phi) is 3.57. The number of nitrogens with two attached hydrogens (primary N) is 1. The molecule has 72 valence electrons. The van der Waals surface area contributed by atoms with E-state index in [9.17, 15) is 0 Å². The van der Waals surface area contributed by atoms with Crippen LogP contribution in [-0.2, 0) is 0 Å². The standard InChI is InChI=1S/C11H23N/c1-3-5-6-10(4-2)11(9-12)7-8-11/h10H,3-9,12H2,1-2H3. The minimum Gasteiger partial charge on any atom is -0.330 e. The molecule has 0 heterocycles. The second-order valence-corrected chi connectivity index (χ2v) is 4.31. The van der Waals surface area contributed by atoms with Gasteiger partial charge in [0, 0.05) is 0 Å². The Morgan fingerprint density at radius 1 is 1.33 bits per heavy atom. The van der Waals surface area contributed by atoms with Gasteiger partial charge in [-0.3, -0.25) is 0 Å². The molecule has 1 aliphatic carbocycles. The number of unbranched alkanes of at least 4 members (excludes halogenated alkanes) is 1. The summed E-state index contributed by atoms with van der Waals surface area (Å²) in [5.41, 5.74) is 6.40. The lowest BCUT2D eigenvalue weighted by molar-refractivity contribution is 0.280. The van der Waals surface area contributed by atoms with Gasteiger partial charge in [-0.15, -0.1) is 0 Å². The van der Waals surface area contributed by atoms with Crippen molar-refractivity contribution in [1.82, 2.24) is 0 Å². The normalized spacial score (nSPS) is 22.2. The van der Waals surface area contributed by atoms with E-state index in [0.717, 1.165) is 12.5 Å². The van der Waals surface area contributed by atoms with Crippen LogP contribution in [0.15, 0.2) is 0 Å². The number of rotatable bonds is 6. The van der Waals surface area contributed by atoms with Gasteiger partial charge in [0.15, 0.2) is 0 Å². The van der Waals surface area contributed by atoms with Gasteiger partial charge >= 0.3 is 0 Å². The van der Waals surface area contributed by atoms with E-state index in [4.69, 9.17) is 5.73 Å². The lowest BCUT2D eigenvalue weighted by Gasteiger charge is -2.24. The zero-order valence-corrected chi connectivity index (χ0v) is 8.60. The van der Waals surface area contributed by atoms with E-state index >= 15 is 0 Å². The number of hydrogen-bond donors (Lipinski definition) is 1. The summed E-state index contributed by atoms with van der Waals surface area (Å²) in [5, 5.41) is 0. The van der Waals surface area contributed by atoms with Crippen molar-refractivity contribution in [2.45, 2.75) is 52.4 Å². The molecule has 1 unspecified atom stereocenters. The molecule has 1 nitrogen and oxygen atoms in total. The summed E-state index contributed by atoms with van der Waals surface area (Å²) in [4.78, 5) is 0. The van der Waals surface area contributed by atoms with Gasteiger partial charge in [-0.05, 0) is 37.1 Å². The maximum atomic E-state index is 5.82. The summed E-state index contributed by atoms with van der Waals surface area (Å²) >= 11 is 0. The van der Waals surface area contributed by atoms with Crippen LogP contribution in [0.1, 0.15) is 52.4 Å². The van der Waals surface area contributed by atoms with Crippen LogP contribution in [0.3, 0.4) is 0 Å². The fourth-order valence-corrected chi connectivity index (χ4v) is 2.33. The summed E-state index contributed by atoms with van der Waals surface area (Å²) in [5.74, 6) is 0.919. The molecule has 1 heteroatoms. The second kappa shape index (κ2) is 4.27. The van der Waals surface area contributed by atoms with Crippen molar-refractivity contribution in [3.8, 4) is 0 Å². The molecule has 0 radical (unpaired) electrons. The van der Waals surface area contributed by atoms with Crippen molar-refractivity contribution in [2.24, 2.45) is 17.1 Å². The molecule has 1 aliphatic rings. The monoisotopic (exact) mass is 169 g/mol. The summed E-state index contributed by atoms with van der Waals surface area (Å²) in [7, 11) is 0. The zero-order valence-electron chi connectivity index (χ0n) is 8.60. The quantitative estimate of drug-likeness (QED) is 0.650. The van der Waals surface area contributed by atoms with E-state index in [-0.39, 0.29) is 0 Å². The topological polar surface area (TPSA) is 26.0 Å². The zero-order chi connectivity index (χ0) is 9.03. The first-order chi connectivity index (χ1) is 5.79. The van der Waals surface area contributed by atoms with Crippen molar-refractivity contribution in [3.05, 3.63) is 0 Å². The predicted octanol–water partition coefficient (Wildman–Crippen LogP) is 2.94. The van der Waals surface area contributed by atoms with Gasteiger partial charge < -0.3 is 5.73 Å².